The number of halogens is 2. The van der Waals surface area contributed by atoms with Crippen LogP contribution in [0.4, 0.5) is 10.1 Å². The van der Waals surface area contributed by atoms with Crippen molar-refractivity contribution < 1.29 is 13.9 Å². The minimum atomic E-state index is -0.541. The Balaban J connectivity index is 1.86. The second-order valence-electron chi connectivity index (χ2n) is 5.12. The molecule has 0 aromatic heterocycles. The molecule has 0 bridgehead atoms. The number of ether oxygens (including phenoxy) is 1. The summed E-state index contributed by atoms with van der Waals surface area (Å²) in [7, 11) is 0. The molecule has 3 nitrogen and oxygen atoms in total. The van der Waals surface area contributed by atoms with Crippen LogP contribution in [0.15, 0.2) is 47.4 Å². The number of thiocarbonyl (C=S) groups is 1. The van der Waals surface area contributed by atoms with E-state index in [9.17, 15) is 9.18 Å². The fraction of sp³-hybridized carbons (Fsp3) is 0.111. The molecule has 3 rings (SSSR count). The molecule has 2 aromatic rings. The van der Waals surface area contributed by atoms with Crippen LogP contribution in [0, 0.1) is 5.82 Å². The van der Waals surface area contributed by atoms with Gasteiger partial charge in [-0.1, -0.05) is 47.7 Å². The third-order valence-electron chi connectivity index (χ3n) is 3.44. The maximum Gasteiger partial charge on any atom is 0.270 e. The summed E-state index contributed by atoms with van der Waals surface area (Å²) in [6.07, 6.45) is 1.76. The molecule has 0 aliphatic carbocycles. The van der Waals surface area contributed by atoms with E-state index in [1.54, 1.807) is 6.08 Å². The van der Waals surface area contributed by atoms with Gasteiger partial charge in [0.05, 0.1) is 22.2 Å². The summed E-state index contributed by atoms with van der Waals surface area (Å²) in [4.78, 5) is 14.5. The summed E-state index contributed by atoms with van der Waals surface area (Å²) >= 11 is 12.3. The Morgan fingerprint density at radius 3 is 2.64 bits per heavy atom. The average molecular weight is 394 g/mol. The number of hydrogen-bond acceptors (Lipinski definition) is 4. The second kappa shape index (κ2) is 7.56. The maximum absolute atomic E-state index is 13.3. The maximum atomic E-state index is 13.3. The number of anilines is 1. The lowest BCUT2D eigenvalue weighted by atomic mass is 10.2. The molecule has 0 N–H and O–H groups in total. The zero-order valence-electron chi connectivity index (χ0n) is 13.2. The van der Waals surface area contributed by atoms with Crippen LogP contribution in [0.25, 0.3) is 6.08 Å². The van der Waals surface area contributed by atoms with E-state index in [4.69, 9.17) is 28.6 Å². The Hall–Kier alpha value is -1.89. The number of amides is 1. The SMILES string of the molecule is CCOc1ccc(/C=C2\SC(=S)N(c3ccc(F)c(Cl)c3)C2=O)cc1. The smallest absolute Gasteiger partial charge is 0.270 e. The van der Waals surface area contributed by atoms with Crippen molar-refractivity contribution in [1.29, 1.82) is 0 Å². The van der Waals surface area contributed by atoms with Crippen LogP contribution in [0.5, 0.6) is 5.75 Å². The first-order chi connectivity index (χ1) is 12.0. The van der Waals surface area contributed by atoms with E-state index in [1.807, 2.05) is 31.2 Å². The molecule has 1 aliphatic rings. The van der Waals surface area contributed by atoms with Crippen LogP contribution < -0.4 is 9.64 Å². The van der Waals surface area contributed by atoms with Gasteiger partial charge in [0.1, 0.15) is 11.6 Å². The van der Waals surface area contributed by atoms with Gasteiger partial charge in [0.15, 0.2) is 4.32 Å². The van der Waals surface area contributed by atoms with Gasteiger partial charge in [0, 0.05) is 0 Å². The molecule has 7 heteroatoms. The first-order valence-electron chi connectivity index (χ1n) is 7.45. The van der Waals surface area contributed by atoms with Gasteiger partial charge < -0.3 is 4.74 Å². The van der Waals surface area contributed by atoms with Gasteiger partial charge in [0.2, 0.25) is 0 Å². The molecule has 0 saturated carbocycles. The molecule has 2 aromatic carbocycles. The van der Waals surface area contributed by atoms with Gasteiger partial charge in [-0.3, -0.25) is 9.69 Å². The minimum Gasteiger partial charge on any atom is -0.494 e. The van der Waals surface area contributed by atoms with Gasteiger partial charge in [0.25, 0.3) is 5.91 Å². The summed E-state index contributed by atoms with van der Waals surface area (Å²) in [6, 6.07) is 11.5. The molecule has 0 unspecified atom stereocenters. The molecule has 0 atom stereocenters. The predicted molar refractivity (Wildman–Crippen MR) is 105 cm³/mol. The van der Waals surface area contributed by atoms with E-state index in [0.717, 1.165) is 11.3 Å². The standard InChI is InChI=1S/C18H13ClFNO2S2/c1-2-23-13-6-3-11(4-7-13)9-16-17(22)21(18(24)25-16)12-5-8-15(20)14(19)10-12/h3-10H,2H2,1H3/b16-9-. The monoisotopic (exact) mass is 393 g/mol. The van der Waals surface area contributed by atoms with Crippen molar-refractivity contribution in [2.45, 2.75) is 6.92 Å². The summed E-state index contributed by atoms with van der Waals surface area (Å²) < 4.78 is 19.1. The highest BCUT2D eigenvalue weighted by Gasteiger charge is 2.33. The van der Waals surface area contributed by atoms with Gasteiger partial charge in [-0.25, -0.2) is 4.39 Å². The van der Waals surface area contributed by atoms with Crippen LogP contribution in [-0.4, -0.2) is 16.8 Å². The number of hydrogen-bond donors (Lipinski definition) is 0. The van der Waals surface area contributed by atoms with E-state index in [0.29, 0.717) is 21.5 Å². The number of thioether (sulfide) groups is 1. The lowest BCUT2D eigenvalue weighted by molar-refractivity contribution is -0.113. The van der Waals surface area contributed by atoms with Crippen LogP contribution in [0.1, 0.15) is 12.5 Å². The van der Waals surface area contributed by atoms with Crippen molar-refractivity contribution in [2.24, 2.45) is 0 Å². The lowest BCUT2D eigenvalue weighted by Gasteiger charge is -2.14. The normalized spacial score (nSPS) is 16.0. The third kappa shape index (κ3) is 3.86. The van der Waals surface area contributed by atoms with Crippen molar-refractivity contribution in [3.63, 3.8) is 0 Å². The summed E-state index contributed by atoms with van der Waals surface area (Å²) in [5.41, 5.74) is 1.31. The largest absolute Gasteiger partial charge is 0.494 e. The average Bonchev–Trinajstić information content (AvgIpc) is 2.86. The molecule has 1 fully saturated rings. The minimum absolute atomic E-state index is 0.0537. The van der Waals surface area contributed by atoms with Gasteiger partial charge in [-0.2, -0.15) is 0 Å². The van der Waals surface area contributed by atoms with Gasteiger partial charge in [-0.15, -0.1) is 0 Å². The van der Waals surface area contributed by atoms with Crippen molar-refractivity contribution in [1.82, 2.24) is 0 Å². The van der Waals surface area contributed by atoms with Crippen LogP contribution in [0.2, 0.25) is 5.02 Å². The summed E-state index contributed by atoms with van der Waals surface area (Å²) in [5.74, 6) is -0.0273. The van der Waals surface area contributed by atoms with Gasteiger partial charge >= 0.3 is 0 Å². The molecule has 1 amide bonds. The van der Waals surface area contributed by atoms with Crippen LogP contribution in [0.3, 0.4) is 0 Å². The summed E-state index contributed by atoms with van der Waals surface area (Å²) in [5, 5.41) is -0.0537. The first-order valence-corrected chi connectivity index (χ1v) is 9.05. The van der Waals surface area contributed by atoms with Crippen molar-refractivity contribution in [3.05, 3.63) is 63.8 Å². The predicted octanol–water partition coefficient (Wildman–Crippen LogP) is 5.28. The Bertz CT molecular complexity index is 868. The van der Waals surface area contributed by atoms with E-state index >= 15 is 0 Å². The highest BCUT2D eigenvalue weighted by atomic mass is 35.5. The zero-order valence-corrected chi connectivity index (χ0v) is 15.6. The van der Waals surface area contributed by atoms with Crippen molar-refractivity contribution in [3.8, 4) is 5.75 Å². The molecule has 25 heavy (non-hydrogen) atoms. The van der Waals surface area contributed by atoms with E-state index in [2.05, 4.69) is 0 Å². The fourth-order valence-electron chi connectivity index (χ4n) is 2.29. The molecule has 1 saturated heterocycles. The number of carbonyl (C=O) groups is 1. The van der Waals surface area contributed by atoms with E-state index < -0.39 is 5.82 Å². The fourth-order valence-corrected chi connectivity index (χ4v) is 3.77. The molecular weight excluding hydrogens is 381 g/mol. The van der Waals surface area contributed by atoms with Gasteiger partial charge in [-0.05, 0) is 48.9 Å². The molecular formula is C18H13ClFNO2S2. The zero-order chi connectivity index (χ0) is 18.0. The van der Waals surface area contributed by atoms with E-state index in [-0.39, 0.29) is 10.9 Å². The Morgan fingerprint density at radius 2 is 2.00 bits per heavy atom. The van der Waals surface area contributed by atoms with E-state index in [1.165, 1.54) is 34.9 Å². The number of carbonyl (C=O) groups excluding carboxylic acids is 1. The number of nitrogens with zero attached hydrogens (tertiary/aromatic N) is 1. The highest BCUT2D eigenvalue weighted by molar-refractivity contribution is 8.27. The molecule has 128 valence electrons. The molecule has 1 aliphatic heterocycles. The lowest BCUT2D eigenvalue weighted by Crippen LogP contribution is -2.27. The quantitative estimate of drug-likeness (QED) is 0.522. The third-order valence-corrected chi connectivity index (χ3v) is 5.04. The highest BCUT2D eigenvalue weighted by Crippen LogP contribution is 2.37. The molecule has 0 spiro atoms. The van der Waals surface area contributed by atoms with Crippen LogP contribution in [-0.2, 0) is 4.79 Å². The van der Waals surface area contributed by atoms with Crippen molar-refractivity contribution >= 4 is 57.6 Å². The Labute approximate surface area is 159 Å². The second-order valence-corrected chi connectivity index (χ2v) is 7.20. The number of rotatable bonds is 4. The molecule has 1 heterocycles. The Morgan fingerprint density at radius 1 is 1.28 bits per heavy atom. The Kier molecular flexibility index (Phi) is 5.42. The molecule has 0 radical (unpaired) electrons. The number of benzene rings is 2. The van der Waals surface area contributed by atoms with Crippen LogP contribution >= 0.6 is 35.6 Å². The first kappa shape index (κ1) is 17.9. The topological polar surface area (TPSA) is 29.5 Å². The summed E-state index contributed by atoms with van der Waals surface area (Å²) in [6.45, 7) is 2.51. The van der Waals surface area contributed by atoms with Crippen molar-refractivity contribution in [2.75, 3.05) is 11.5 Å².